The van der Waals surface area contributed by atoms with E-state index in [2.05, 4.69) is 17.1 Å². The Hall–Kier alpha value is -2.09. The van der Waals surface area contributed by atoms with Crippen LogP contribution in [0.15, 0.2) is 29.4 Å². The molecule has 0 spiro atoms. The lowest BCUT2D eigenvalue weighted by molar-refractivity contribution is -0.131. The Balaban J connectivity index is 2.10. The van der Waals surface area contributed by atoms with Gasteiger partial charge in [0.15, 0.2) is 22.5 Å². The summed E-state index contributed by atoms with van der Waals surface area (Å²) in [6, 6.07) is 6.61. The smallest absolute Gasteiger partial charge is 0.233 e. The SMILES string of the molecule is CCCCCCn1c(COc2ccccc2F)nnc1SCC(=O)N(C(C)C)C(C)C. The van der Waals surface area contributed by atoms with Gasteiger partial charge in [0.05, 0.1) is 5.75 Å². The average Bonchev–Trinajstić information content (AvgIpc) is 3.10. The number of thioether (sulfide) groups is 1. The van der Waals surface area contributed by atoms with Crippen LogP contribution in [0.5, 0.6) is 5.75 Å². The molecule has 2 aromatic rings. The van der Waals surface area contributed by atoms with E-state index >= 15 is 0 Å². The standard InChI is InChI=1S/C23H35FN4O2S/c1-6-7-8-11-14-27-21(15-30-20-13-10-9-12-19(20)24)25-26-23(27)31-16-22(29)28(17(2)3)18(4)5/h9-10,12-13,17-18H,6-8,11,14-16H2,1-5H3. The molecule has 1 aromatic carbocycles. The monoisotopic (exact) mass is 450 g/mol. The van der Waals surface area contributed by atoms with E-state index in [0.29, 0.717) is 16.7 Å². The number of benzene rings is 1. The number of unbranched alkanes of at least 4 members (excludes halogenated alkanes) is 3. The van der Waals surface area contributed by atoms with Crippen LogP contribution in [0.25, 0.3) is 0 Å². The zero-order valence-corrected chi connectivity index (χ0v) is 20.1. The van der Waals surface area contributed by atoms with E-state index in [1.54, 1.807) is 18.2 Å². The van der Waals surface area contributed by atoms with Gasteiger partial charge in [-0.2, -0.15) is 0 Å². The van der Waals surface area contributed by atoms with Crippen molar-refractivity contribution < 1.29 is 13.9 Å². The summed E-state index contributed by atoms with van der Waals surface area (Å²) >= 11 is 1.40. The summed E-state index contributed by atoms with van der Waals surface area (Å²) in [4.78, 5) is 14.6. The Kier molecular flexibility index (Phi) is 10.3. The maximum Gasteiger partial charge on any atom is 0.233 e. The summed E-state index contributed by atoms with van der Waals surface area (Å²) in [7, 11) is 0. The van der Waals surface area contributed by atoms with Crippen molar-refractivity contribution in [2.45, 2.75) is 90.7 Å². The number of para-hydroxylation sites is 1. The third-order valence-electron chi connectivity index (χ3n) is 4.95. The van der Waals surface area contributed by atoms with E-state index in [1.165, 1.54) is 24.2 Å². The Morgan fingerprint density at radius 3 is 2.48 bits per heavy atom. The minimum atomic E-state index is -0.404. The molecule has 0 saturated heterocycles. The van der Waals surface area contributed by atoms with Crippen LogP contribution in [0.2, 0.25) is 0 Å². The largest absolute Gasteiger partial charge is 0.483 e. The molecular weight excluding hydrogens is 415 g/mol. The predicted molar refractivity (Wildman–Crippen MR) is 123 cm³/mol. The van der Waals surface area contributed by atoms with E-state index in [4.69, 9.17) is 4.74 Å². The zero-order chi connectivity index (χ0) is 22.8. The molecule has 2 rings (SSSR count). The van der Waals surface area contributed by atoms with Crippen molar-refractivity contribution in [2.24, 2.45) is 0 Å². The molecule has 0 bridgehead atoms. The Morgan fingerprint density at radius 1 is 1.13 bits per heavy atom. The molecule has 0 saturated carbocycles. The zero-order valence-electron chi connectivity index (χ0n) is 19.3. The molecule has 1 heterocycles. The van der Waals surface area contributed by atoms with E-state index in [0.717, 1.165) is 25.8 Å². The molecule has 0 aliphatic rings. The highest BCUT2D eigenvalue weighted by atomic mass is 32.2. The van der Waals surface area contributed by atoms with Crippen molar-refractivity contribution in [1.82, 2.24) is 19.7 Å². The van der Waals surface area contributed by atoms with Gasteiger partial charge in [0.1, 0.15) is 6.61 Å². The number of carbonyl (C=O) groups is 1. The number of aromatic nitrogens is 3. The predicted octanol–water partition coefficient (Wildman–Crippen LogP) is 5.31. The normalized spacial score (nSPS) is 11.4. The number of carbonyl (C=O) groups excluding carboxylic acids is 1. The molecular formula is C23H35FN4O2S. The average molecular weight is 451 g/mol. The first kappa shape index (κ1) is 25.2. The number of ether oxygens (including phenoxy) is 1. The van der Waals surface area contributed by atoms with Gasteiger partial charge in [0.25, 0.3) is 0 Å². The van der Waals surface area contributed by atoms with Crippen LogP contribution in [-0.4, -0.2) is 43.4 Å². The van der Waals surface area contributed by atoms with E-state index < -0.39 is 5.82 Å². The third-order valence-corrected chi connectivity index (χ3v) is 5.90. The summed E-state index contributed by atoms with van der Waals surface area (Å²) < 4.78 is 21.5. The topological polar surface area (TPSA) is 60.2 Å². The van der Waals surface area contributed by atoms with Gasteiger partial charge < -0.3 is 14.2 Å². The molecule has 0 fully saturated rings. The van der Waals surface area contributed by atoms with Crippen molar-refractivity contribution in [2.75, 3.05) is 5.75 Å². The summed E-state index contributed by atoms with van der Waals surface area (Å²) in [6.45, 7) is 11.1. The van der Waals surface area contributed by atoms with E-state index in [1.807, 2.05) is 37.2 Å². The van der Waals surface area contributed by atoms with Crippen molar-refractivity contribution in [3.05, 3.63) is 35.9 Å². The molecule has 8 heteroatoms. The number of amides is 1. The van der Waals surface area contributed by atoms with Crippen molar-refractivity contribution in [3.63, 3.8) is 0 Å². The maximum atomic E-state index is 13.9. The van der Waals surface area contributed by atoms with Crippen LogP contribution in [0.3, 0.4) is 0 Å². The highest BCUT2D eigenvalue weighted by Gasteiger charge is 2.22. The van der Waals surface area contributed by atoms with Crippen LogP contribution >= 0.6 is 11.8 Å². The number of halogens is 1. The van der Waals surface area contributed by atoms with Gasteiger partial charge >= 0.3 is 0 Å². The minimum Gasteiger partial charge on any atom is -0.483 e. The number of hydrogen-bond donors (Lipinski definition) is 0. The van der Waals surface area contributed by atoms with Crippen molar-refractivity contribution in [1.29, 1.82) is 0 Å². The van der Waals surface area contributed by atoms with Crippen LogP contribution in [0.4, 0.5) is 4.39 Å². The van der Waals surface area contributed by atoms with E-state index in [-0.39, 0.29) is 30.3 Å². The lowest BCUT2D eigenvalue weighted by atomic mass is 10.2. The quantitative estimate of drug-likeness (QED) is 0.306. The molecule has 0 unspecified atom stereocenters. The van der Waals surface area contributed by atoms with Crippen molar-refractivity contribution in [3.8, 4) is 5.75 Å². The van der Waals surface area contributed by atoms with Gasteiger partial charge in [-0.15, -0.1) is 10.2 Å². The fraction of sp³-hybridized carbons (Fsp3) is 0.609. The van der Waals surface area contributed by atoms with Gasteiger partial charge in [-0.1, -0.05) is 50.1 Å². The lowest BCUT2D eigenvalue weighted by Gasteiger charge is -2.30. The van der Waals surface area contributed by atoms with Gasteiger partial charge in [-0.25, -0.2) is 4.39 Å². The highest BCUT2D eigenvalue weighted by Crippen LogP contribution is 2.22. The molecule has 0 atom stereocenters. The maximum absolute atomic E-state index is 13.9. The van der Waals surface area contributed by atoms with E-state index in [9.17, 15) is 9.18 Å². The first-order valence-corrected chi connectivity index (χ1v) is 12.1. The minimum absolute atomic E-state index is 0.0830. The molecule has 172 valence electrons. The third kappa shape index (κ3) is 7.52. The van der Waals surface area contributed by atoms with Crippen LogP contribution in [0, 0.1) is 5.82 Å². The second-order valence-electron chi connectivity index (χ2n) is 8.11. The van der Waals surface area contributed by atoms with Crippen LogP contribution < -0.4 is 4.74 Å². The number of hydrogen-bond acceptors (Lipinski definition) is 5. The lowest BCUT2D eigenvalue weighted by Crippen LogP contribution is -2.43. The molecule has 0 aliphatic heterocycles. The molecule has 6 nitrogen and oxygen atoms in total. The number of rotatable bonds is 13. The Bertz CT molecular complexity index is 818. The van der Waals surface area contributed by atoms with Gasteiger partial charge in [-0.3, -0.25) is 4.79 Å². The van der Waals surface area contributed by atoms with Crippen LogP contribution in [-0.2, 0) is 17.9 Å². The van der Waals surface area contributed by atoms with Gasteiger partial charge in [-0.05, 0) is 46.2 Å². The fourth-order valence-corrected chi connectivity index (χ4v) is 4.38. The summed E-state index contributed by atoms with van der Waals surface area (Å²) in [5.74, 6) is 0.813. The molecule has 0 radical (unpaired) electrons. The second kappa shape index (κ2) is 12.7. The molecule has 0 aliphatic carbocycles. The first-order chi connectivity index (χ1) is 14.8. The number of nitrogens with zero attached hydrogens (tertiary/aromatic N) is 4. The molecule has 1 amide bonds. The highest BCUT2D eigenvalue weighted by molar-refractivity contribution is 7.99. The fourth-order valence-electron chi connectivity index (χ4n) is 3.53. The van der Waals surface area contributed by atoms with Gasteiger partial charge in [0.2, 0.25) is 5.91 Å². The molecule has 1 aromatic heterocycles. The second-order valence-corrected chi connectivity index (χ2v) is 9.05. The Morgan fingerprint density at radius 2 is 1.84 bits per heavy atom. The first-order valence-electron chi connectivity index (χ1n) is 11.1. The van der Waals surface area contributed by atoms with Crippen LogP contribution in [0.1, 0.15) is 66.1 Å². The van der Waals surface area contributed by atoms with Gasteiger partial charge in [0, 0.05) is 18.6 Å². The summed E-state index contributed by atoms with van der Waals surface area (Å²) in [5, 5.41) is 9.27. The molecule has 31 heavy (non-hydrogen) atoms. The molecule has 0 N–H and O–H groups in total. The Labute approximate surface area is 189 Å². The summed E-state index contributed by atoms with van der Waals surface area (Å²) in [5.41, 5.74) is 0. The van der Waals surface area contributed by atoms with Crippen molar-refractivity contribution >= 4 is 17.7 Å². The summed E-state index contributed by atoms with van der Waals surface area (Å²) in [6.07, 6.45) is 4.42.